The summed E-state index contributed by atoms with van der Waals surface area (Å²) < 4.78 is 0. The average molecular weight is 345 g/mol. The van der Waals surface area contributed by atoms with Gasteiger partial charge in [0.1, 0.15) is 6.33 Å². The summed E-state index contributed by atoms with van der Waals surface area (Å²) in [7, 11) is 0. The summed E-state index contributed by atoms with van der Waals surface area (Å²) in [5.41, 5.74) is 2.07. The van der Waals surface area contributed by atoms with E-state index in [0.717, 1.165) is 11.1 Å². The molecule has 1 saturated heterocycles. The van der Waals surface area contributed by atoms with E-state index in [-0.39, 0.29) is 11.9 Å². The Morgan fingerprint density at radius 3 is 2.50 bits per heavy atom. The van der Waals surface area contributed by atoms with Gasteiger partial charge in [-0.1, -0.05) is 60.7 Å². The van der Waals surface area contributed by atoms with Crippen LogP contribution in [0.4, 0.5) is 5.95 Å². The second kappa shape index (κ2) is 7.31. The number of hydrogen-bond acceptors (Lipinski definition) is 5. The van der Waals surface area contributed by atoms with Gasteiger partial charge in [-0.15, -0.1) is 0 Å². The lowest BCUT2D eigenvalue weighted by molar-refractivity contribution is -0.128. The van der Waals surface area contributed by atoms with Crippen molar-refractivity contribution in [1.29, 1.82) is 0 Å². The molecule has 26 heavy (non-hydrogen) atoms. The van der Waals surface area contributed by atoms with Crippen molar-refractivity contribution in [2.45, 2.75) is 19.0 Å². The van der Waals surface area contributed by atoms with Gasteiger partial charge in [-0.05, 0) is 5.56 Å². The van der Waals surface area contributed by atoms with Crippen LogP contribution in [-0.2, 0) is 11.3 Å². The van der Waals surface area contributed by atoms with Gasteiger partial charge in [0.25, 0.3) is 0 Å². The first-order valence-electron chi connectivity index (χ1n) is 8.60. The Kier molecular flexibility index (Phi) is 4.55. The van der Waals surface area contributed by atoms with Crippen LogP contribution in [0.3, 0.4) is 0 Å². The van der Waals surface area contributed by atoms with Crippen molar-refractivity contribution in [2.75, 3.05) is 11.9 Å². The molecule has 0 bridgehead atoms. The zero-order valence-electron chi connectivity index (χ0n) is 14.2. The third-order valence-electron chi connectivity index (χ3n) is 4.37. The van der Waals surface area contributed by atoms with Crippen molar-refractivity contribution in [2.24, 2.45) is 0 Å². The first-order chi connectivity index (χ1) is 12.8. The Morgan fingerprint density at radius 2 is 1.73 bits per heavy atom. The normalized spacial score (nSPS) is 16.7. The van der Waals surface area contributed by atoms with Crippen LogP contribution in [0, 0.1) is 0 Å². The minimum atomic E-state index is -0.00256. The SMILES string of the molecule is O=C1CC(Nc2ncnc(-c3ccccc3)n2)CN1Cc1ccccc1. The number of anilines is 1. The molecule has 1 N–H and O–H groups in total. The van der Waals surface area contributed by atoms with E-state index in [2.05, 4.69) is 20.3 Å². The fraction of sp³-hybridized carbons (Fsp3) is 0.200. The van der Waals surface area contributed by atoms with Gasteiger partial charge in [-0.25, -0.2) is 9.97 Å². The zero-order chi connectivity index (χ0) is 17.8. The molecule has 3 aromatic rings. The van der Waals surface area contributed by atoms with Crippen LogP contribution in [-0.4, -0.2) is 38.3 Å². The Hall–Kier alpha value is -3.28. The van der Waals surface area contributed by atoms with Gasteiger partial charge < -0.3 is 10.2 Å². The third-order valence-corrected chi connectivity index (χ3v) is 4.37. The number of carbonyl (C=O) groups is 1. The molecular weight excluding hydrogens is 326 g/mol. The molecule has 1 amide bonds. The van der Waals surface area contributed by atoms with Crippen molar-refractivity contribution < 1.29 is 4.79 Å². The zero-order valence-corrected chi connectivity index (χ0v) is 14.2. The number of rotatable bonds is 5. The highest BCUT2D eigenvalue weighted by molar-refractivity contribution is 5.79. The molecule has 0 radical (unpaired) electrons. The second-order valence-corrected chi connectivity index (χ2v) is 6.30. The third kappa shape index (κ3) is 3.69. The highest BCUT2D eigenvalue weighted by Gasteiger charge is 2.30. The van der Waals surface area contributed by atoms with Gasteiger partial charge in [0, 0.05) is 25.1 Å². The van der Waals surface area contributed by atoms with Gasteiger partial charge in [0.15, 0.2) is 5.82 Å². The van der Waals surface area contributed by atoms with E-state index in [1.807, 2.05) is 65.6 Å². The number of nitrogens with zero attached hydrogens (tertiary/aromatic N) is 4. The number of carbonyl (C=O) groups excluding carboxylic acids is 1. The molecule has 0 spiro atoms. The lowest BCUT2D eigenvalue weighted by Crippen LogP contribution is -2.28. The number of benzene rings is 2. The number of hydrogen-bond donors (Lipinski definition) is 1. The van der Waals surface area contributed by atoms with E-state index in [4.69, 9.17) is 0 Å². The van der Waals surface area contributed by atoms with Crippen LogP contribution in [0.1, 0.15) is 12.0 Å². The van der Waals surface area contributed by atoms with Gasteiger partial charge in [0.2, 0.25) is 11.9 Å². The van der Waals surface area contributed by atoms with E-state index < -0.39 is 0 Å². The van der Waals surface area contributed by atoms with Crippen molar-refractivity contribution in [3.05, 3.63) is 72.6 Å². The topological polar surface area (TPSA) is 71.0 Å². The van der Waals surface area contributed by atoms with E-state index in [0.29, 0.717) is 31.3 Å². The van der Waals surface area contributed by atoms with Gasteiger partial charge in [-0.3, -0.25) is 4.79 Å². The Morgan fingerprint density at radius 1 is 1.00 bits per heavy atom. The van der Waals surface area contributed by atoms with Gasteiger partial charge >= 0.3 is 0 Å². The van der Waals surface area contributed by atoms with Crippen LogP contribution >= 0.6 is 0 Å². The first kappa shape index (κ1) is 16.2. The molecule has 6 heteroatoms. The standard InChI is InChI=1S/C20H19N5O/c26-18-11-17(13-25(18)12-15-7-3-1-4-8-15)23-20-22-14-21-19(24-20)16-9-5-2-6-10-16/h1-10,14,17H,11-13H2,(H,21,22,23,24). The molecule has 1 unspecified atom stereocenters. The fourth-order valence-electron chi connectivity index (χ4n) is 3.10. The van der Waals surface area contributed by atoms with Crippen LogP contribution < -0.4 is 5.32 Å². The molecule has 2 aromatic carbocycles. The fourth-order valence-corrected chi connectivity index (χ4v) is 3.10. The first-order valence-corrected chi connectivity index (χ1v) is 8.60. The molecule has 4 rings (SSSR count). The van der Waals surface area contributed by atoms with Crippen molar-refractivity contribution in [3.8, 4) is 11.4 Å². The summed E-state index contributed by atoms with van der Waals surface area (Å²) in [6.45, 7) is 1.27. The highest BCUT2D eigenvalue weighted by Crippen LogP contribution is 2.19. The molecule has 1 aromatic heterocycles. The molecule has 1 aliphatic heterocycles. The van der Waals surface area contributed by atoms with Crippen molar-refractivity contribution in [3.63, 3.8) is 0 Å². The highest BCUT2D eigenvalue weighted by atomic mass is 16.2. The molecule has 0 aliphatic carbocycles. The minimum absolute atomic E-state index is 0.00256. The molecule has 1 aliphatic rings. The number of aromatic nitrogens is 3. The van der Waals surface area contributed by atoms with E-state index >= 15 is 0 Å². The van der Waals surface area contributed by atoms with Gasteiger partial charge in [0.05, 0.1) is 6.04 Å². The molecule has 1 atom stereocenters. The maximum atomic E-state index is 12.3. The van der Waals surface area contributed by atoms with Gasteiger partial charge in [-0.2, -0.15) is 4.98 Å². The number of likely N-dealkylation sites (tertiary alicyclic amines) is 1. The monoisotopic (exact) mass is 345 g/mol. The van der Waals surface area contributed by atoms with Crippen molar-refractivity contribution in [1.82, 2.24) is 19.9 Å². The number of amides is 1. The van der Waals surface area contributed by atoms with E-state index in [9.17, 15) is 4.79 Å². The maximum Gasteiger partial charge on any atom is 0.226 e. The van der Waals surface area contributed by atoms with Crippen LogP contribution in [0.15, 0.2) is 67.0 Å². The predicted molar refractivity (Wildman–Crippen MR) is 99.1 cm³/mol. The van der Waals surface area contributed by atoms with E-state index in [1.54, 1.807) is 0 Å². The summed E-state index contributed by atoms with van der Waals surface area (Å²) >= 11 is 0. The summed E-state index contributed by atoms with van der Waals surface area (Å²) in [5.74, 6) is 1.26. The van der Waals surface area contributed by atoms with Crippen LogP contribution in [0.5, 0.6) is 0 Å². The predicted octanol–water partition coefficient (Wildman–Crippen LogP) is 2.75. The lowest BCUT2D eigenvalue weighted by Gasteiger charge is -2.17. The van der Waals surface area contributed by atoms with E-state index in [1.165, 1.54) is 6.33 Å². The van der Waals surface area contributed by atoms with Crippen molar-refractivity contribution >= 4 is 11.9 Å². The lowest BCUT2D eigenvalue weighted by atomic mass is 10.2. The molecule has 2 heterocycles. The average Bonchev–Trinajstić information content (AvgIpc) is 3.02. The molecule has 1 fully saturated rings. The largest absolute Gasteiger partial charge is 0.349 e. The summed E-state index contributed by atoms with van der Waals surface area (Å²) in [6, 6.07) is 19.8. The maximum absolute atomic E-state index is 12.3. The Balaban J connectivity index is 1.43. The molecule has 0 saturated carbocycles. The molecular formula is C20H19N5O. The quantitative estimate of drug-likeness (QED) is 0.770. The summed E-state index contributed by atoms with van der Waals surface area (Å²) in [6.07, 6.45) is 1.94. The van der Waals surface area contributed by atoms with Crippen LogP contribution in [0.25, 0.3) is 11.4 Å². The Bertz CT molecular complexity index is 885. The number of nitrogens with one attached hydrogen (secondary N) is 1. The second-order valence-electron chi connectivity index (χ2n) is 6.30. The smallest absolute Gasteiger partial charge is 0.226 e. The minimum Gasteiger partial charge on any atom is -0.349 e. The Labute approximate surface area is 151 Å². The van der Waals surface area contributed by atoms with Crippen LogP contribution in [0.2, 0.25) is 0 Å². The molecule has 6 nitrogen and oxygen atoms in total. The summed E-state index contributed by atoms with van der Waals surface area (Å²) in [5, 5.41) is 3.27. The summed E-state index contributed by atoms with van der Waals surface area (Å²) in [4.78, 5) is 27.1. The molecule has 130 valence electrons.